The van der Waals surface area contributed by atoms with Gasteiger partial charge in [-0.05, 0) is 29.7 Å². The molecule has 74 valence electrons. The van der Waals surface area contributed by atoms with E-state index >= 15 is 0 Å². The number of hydrogen-bond acceptors (Lipinski definition) is 1. The lowest BCUT2D eigenvalue weighted by molar-refractivity contribution is 0.177. The zero-order chi connectivity index (χ0) is 10.6. The summed E-state index contributed by atoms with van der Waals surface area (Å²) >= 11 is 0. The van der Waals surface area contributed by atoms with Crippen molar-refractivity contribution in [1.29, 1.82) is 0 Å². The van der Waals surface area contributed by atoms with Crippen molar-refractivity contribution >= 4 is 0 Å². The zero-order valence-corrected chi connectivity index (χ0v) is 8.79. The van der Waals surface area contributed by atoms with Crippen molar-refractivity contribution in [2.24, 2.45) is 0 Å². The second-order valence-electron chi connectivity index (χ2n) is 3.19. The highest BCUT2D eigenvalue weighted by Gasteiger charge is 2.08. The van der Waals surface area contributed by atoms with E-state index in [0.29, 0.717) is 0 Å². The first kappa shape index (κ1) is 10.7. The van der Waals surface area contributed by atoms with Gasteiger partial charge < -0.3 is 4.74 Å². The Bertz CT molecular complexity index is 329. The molecule has 1 heteroatoms. The molecule has 0 spiro atoms. The van der Waals surface area contributed by atoms with Crippen molar-refractivity contribution in [1.82, 2.24) is 0 Å². The van der Waals surface area contributed by atoms with Gasteiger partial charge in [0.05, 0.1) is 6.10 Å². The molecular weight excluding hydrogens is 172 g/mol. The SMILES string of the molecule is C=CC1=C(C=C)C(C)=CC(OC)C=C1. The van der Waals surface area contributed by atoms with Crippen LogP contribution < -0.4 is 0 Å². The standard InChI is InChI=1S/C13H16O/c1-5-11-7-8-12(14-4)9-10(3)13(11)6-2/h5-9,12H,1-2H2,3-4H3. The summed E-state index contributed by atoms with van der Waals surface area (Å²) in [5.41, 5.74) is 3.39. The van der Waals surface area contributed by atoms with Crippen molar-refractivity contribution in [3.8, 4) is 0 Å². The van der Waals surface area contributed by atoms with Gasteiger partial charge in [-0.15, -0.1) is 0 Å². The predicted octanol–water partition coefficient (Wildman–Crippen LogP) is 3.19. The Kier molecular flexibility index (Phi) is 3.66. The summed E-state index contributed by atoms with van der Waals surface area (Å²) in [6.07, 6.45) is 9.84. The summed E-state index contributed by atoms with van der Waals surface area (Å²) in [7, 11) is 1.70. The van der Waals surface area contributed by atoms with Crippen molar-refractivity contribution in [2.75, 3.05) is 7.11 Å². The highest BCUT2D eigenvalue weighted by Crippen LogP contribution is 2.22. The van der Waals surface area contributed by atoms with Gasteiger partial charge >= 0.3 is 0 Å². The molecule has 1 aliphatic carbocycles. The molecule has 0 amide bonds. The molecule has 0 aliphatic heterocycles. The van der Waals surface area contributed by atoms with E-state index < -0.39 is 0 Å². The molecule has 0 N–H and O–H groups in total. The molecule has 1 nitrogen and oxygen atoms in total. The minimum absolute atomic E-state index is 0.0439. The number of hydrogen-bond donors (Lipinski definition) is 0. The Labute approximate surface area is 85.8 Å². The molecule has 0 heterocycles. The van der Waals surface area contributed by atoms with Gasteiger partial charge in [-0.3, -0.25) is 0 Å². The average Bonchev–Trinajstić information content (AvgIpc) is 2.36. The second-order valence-corrected chi connectivity index (χ2v) is 3.19. The van der Waals surface area contributed by atoms with Gasteiger partial charge in [-0.2, -0.15) is 0 Å². The van der Waals surface area contributed by atoms with Crippen LogP contribution in [0, 0.1) is 0 Å². The highest BCUT2D eigenvalue weighted by molar-refractivity contribution is 5.52. The molecule has 0 bridgehead atoms. The molecule has 0 aromatic heterocycles. The maximum absolute atomic E-state index is 5.27. The van der Waals surface area contributed by atoms with Crippen LogP contribution in [0.25, 0.3) is 0 Å². The van der Waals surface area contributed by atoms with Crippen LogP contribution in [-0.4, -0.2) is 13.2 Å². The van der Waals surface area contributed by atoms with Crippen LogP contribution >= 0.6 is 0 Å². The Hall–Kier alpha value is -1.34. The van der Waals surface area contributed by atoms with E-state index in [1.54, 1.807) is 7.11 Å². The Balaban J connectivity index is 3.18. The molecule has 0 fully saturated rings. The van der Waals surface area contributed by atoms with Crippen LogP contribution in [0.2, 0.25) is 0 Å². The van der Waals surface area contributed by atoms with Crippen molar-refractivity contribution < 1.29 is 4.74 Å². The van der Waals surface area contributed by atoms with Crippen molar-refractivity contribution in [3.63, 3.8) is 0 Å². The first-order valence-electron chi connectivity index (χ1n) is 4.62. The van der Waals surface area contributed by atoms with Crippen molar-refractivity contribution in [2.45, 2.75) is 13.0 Å². The molecule has 1 atom stereocenters. The maximum atomic E-state index is 5.27. The molecule has 1 aliphatic rings. The van der Waals surface area contributed by atoms with Crippen LogP contribution in [0.15, 0.2) is 60.3 Å². The number of allylic oxidation sites excluding steroid dienone is 6. The highest BCUT2D eigenvalue weighted by atomic mass is 16.5. The lowest BCUT2D eigenvalue weighted by atomic mass is 10.0. The van der Waals surface area contributed by atoms with E-state index in [9.17, 15) is 0 Å². The monoisotopic (exact) mass is 188 g/mol. The van der Waals surface area contributed by atoms with E-state index in [0.717, 1.165) is 11.1 Å². The van der Waals surface area contributed by atoms with E-state index in [1.165, 1.54) is 5.57 Å². The Morgan fingerprint density at radius 2 is 2.07 bits per heavy atom. The number of ether oxygens (including phenoxy) is 1. The molecule has 0 radical (unpaired) electrons. The molecule has 0 aromatic carbocycles. The summed E-state index contributed by atoms with van der Waals surface area (Å²) < 4.78 is 5.27. The third kappa shape index (κ3) is 2.12. The maximum Gasteiger partial charge on any atom is 0.0942 e. The predicted molar refractivity (Wildman–Crippen MR) is 61.1 cm³/mol. The average molecular weight is 188 g/mol. The second kappa shape index (κ2) is 4.77. The van der Waals surface area contributed by atoms with E-state index in [4.69, 9.17) is 4.74 Å². The van der Waals surface area contributed by atoms with E-state index in [2.05, 4.69) is 26.2 Å². The van der Waals surface area contributed by atoms with Gasteiger partial charge in [0.1, 0.15) is 0 Å². The normalized spacial score (nSPS) is 21.6. The third-order valence-electron chi connectivity index (χ3n) is 2.31. The summed E-state index contributed by atoms with van der Waals surface area (Å²) in [4.78, 5) is 0. The van der Waals surface area contributed by atoms with Gasteiger partial charge in [0.2, 0.25) is 0 Å². The minimum atomic E-state index is 0.0439. The Morgan fingerprint density at radius 1 is 1.36 bits per heavy atom. The lowest BCUT2D eigenvalue weighted by Crippen LogP contribution is -2.02. The van der Waals surface area contributed by atoms with Gasteiger partial charge in [0.25, 0.3) is 0 Å². The summed E-state index contributed by atoms with van der Waals surface area (Å²) in [5.74, 6) is 0. The molecule has 1 unspecified atom stereocenters. The number of rotatable bonds is 3. The van der Waals surface area contributed by atoms with Crippen LogP contribution in [-0.2, 0) is 4.74 Å². The van der Waals surface area contributed by atoms with Crippen LogP contribution in [0.4, 0.5) is 0 Å². The zero-order valence-electron chi connectivity index (χ0n) is 8.79. The number of methoxy groups -OCH3 is 1. The smallest absolute Gasteiger partial charge is 0.0942 e. The van der Waals surface area contributed by atoms with Crippen LogP contribution in [0.1, 0.15) is 6.92 Å². The summed E-state index contributed by atoms with van der Waals surface area (Å²) in [5, 5.41) is 0. The summed E-state index contributed by atoms with van der Waals surface area (Å²) in [6, 6.07) is 0. The van der Waals surface area contributed by atoms with Gasteiger partial charge in [0.15, 0.2) is 0 Å². The Morgan fingerprint density at radius 3 is 2.57 bits per heavy atom. The first-order chi connectivity index (χ1) is 6.72. The topological polar surface area (TPSA) is 9.23 Å². The van der Waals surface area contributed by atoms with E-state index in [-0.39, 0.29) is 6.10 Å². The molecule has 1 rings (SSSR count). The molecule has 14 heavy (non-hydrogen) atoms. The van der Waals surface area contributed by atoms with Crippen LogP contribution in [0.5, 0.6) is 0 Å². The minimum Gasteiger partial charge on any atom is -0.373 e. The molecule has 0 aromatic rings. The molecular formula is C13H16O. The quantitative estimate of drug-likeness (QED) is 0.661. The fourth-order valence-electron chi connectivity index (χ4n) is 1.51. The van der Waals surface area contributed by atoms with Gasteiger partial charge in [-0.1, -0.05) is 37.5 Å². The summed E-state index contributed by atoms with van der Waals surface area (Å²) in [6.45, 7) is 9.64. The fourth-order valence-corrected chi connectivity index (χ4v) is 1.51. The fraction of sp³-hybridized carbons (Fsp3) is 0.231. The molecule has 0 saturated heterocycles. The van der Waals surface area contributed by atoms with Crippen LogP contribution in [0.3, 0.4) is 0 Å². The van der Waals surface area contributed by atoms with E-state index in [1.807, 2.05) is 24.3 Å². The van der Waals surface area contributed by atoms with Gasteiger partial charge in [0, 0.05) is 7.11 Å². The third-order valence-corrected chi connectivity index (χ3v) is 2.31. The molecule has 0 saturated carbocycles. The van der Waals surface area contributed by atoms with Gasteiger partial charge in [-0.25, -0.2) is 0 Å². The first-order valence-corrected chi connectivity index (χ1v) is 4.62. The van der Waals surface area contributed by atoms with Crippen molar-refractivity contribution in [3.05, 3.63) is 60.3 Å². The largest absolute Gasteiger partial charge is 0.373 e. The lowest BCUT2D eigenvalue weighted by Gasteiger charge is -2.06.